The molecule has 1 unspecified atom stereocenters. The van der Waals surface area contributed by atoms with Gasteiger partial charge in [-0.25, -0.2) is 4.79 Å². The summed E-state index contributed by atoms with van der Waals surface area (Å²) < 4.78 is 4.89. The van der Waals surface area contributed by atoms with E-state index in [-0.39, 0.29) is 42.8 Å². The standard InChI is InChI=1S/C25H41ClN2O4/c1-8-32-22(30)12-14-27-23(31)28-25(7,20(16-29)17(2)3)19-10-9-18(21(26)15-19)11-13-24(4,5)6/h9-10,15,17,20,29H,8,11-14,16H2,1-7H3,(H2,27,28,31)/t20-,25?/m1/s1. The number of carbonyl (C=O) groups excluding carboxylic acids is 2. The largest absolute Gasteiger partial charge is 0.466 e. The Labute approximate surface area is 198 Å². The van der Waals surface area contributed by atoms with E-state index in [1.165, 1.54) is 0 Å². The van der Waals surface area contributed by atoms with Crippen LogP contribution in [-0.2, 0) is 21.5 Å². The van der Waals surface area contributed by atoms with Crippen LogP contribution >= 0.6 is 11.6 Å². The fourth-order valence-corrected chi connectivity index (χ4v) is 4.09. The van der Waals surface area contributed by atoms with Crippen LogP contribution in [0.2, 0.25) is 5.02 Å². The molecule has 7 heteroatoms. The van der Waals surface area contributed by atoms with Crippen molar-refractivity contribution in [2.24, 2.45) is 17.3 Å². The van der Waals surface area contributed by atoms with Gasteiger partial charge in [-0.2, -0.15) is 0 Å². The maximum Gasteiger partial charge on any atom is 0.315 e. The molecule has 2 atom stereocenters. The van der Waals surface area contributed by atoms with E-state index < -0.39 is 11.6 Å². The SMILES string of the molecule is CCOC(=O)CCNC(=O)NC(C)(c1ccc(CCC(C)(C)C)c(Cl)c1)[C@H](CO)C(C)C. The summed E-state index contributed by atoms with van der Waals surface area (Å²) in [7, 11) is 0. The number of halogens is 1. The summed E-state index contributed by atoms with van der Waals surface area (Å²) in [5.74, 6) is -0.498. The molecule has 0 spiro atoms. The third kappa shape index (κ3) is 8.62. The summed E-state index contributed by atoms with van der Waals surface area (Å²) in [6.07, 6.45) is 1.98. The lowest BCUT2D eigenvalue weighted by atomic mass is 9.74. The maximum atomic E-state index is 12.7. The minimum atomic E-state index is -0.858. The number of amides is 2. The maximum absolute atomic E-state index is 12.7. The number of hydrogen-bond acceptors (Lipinski definition) is 4. The van der Waals surface area contributed by atoms with Crippen LogP contribution in [0.3, 0.4) is 0 Å². The Morgan fingerprint density at radius 3 is 2.34 bits per heavy atom. The molecule has 1 rings (SSSR count). The highest BCUT2D eigenvalue weighted by Gasteiger charge is 2.39. The van der Waals surface area contributed by atoms with Gasteiger partial charge in [0.2, 0.25) is 0 Å². The fourth-order valence-electron chi connectivity index (χ4n) is 3.81. The van der Waals surface area contributed by atoms with Crippen molar-refractivity contribution in [1.29, 1.82) is 0 Å². The second kappa shape index (κ2) is 12.4. The van der Waals surface area contributed by atoms with Crippen molar-refractivity contribution < 1.29 is 19.4 Å². The van der Waals surface area contributed by atoms with Gasteiger partial charge in [-0.05, 0) is 55.2 Å². The Morgan fingerprint density at radius 1 is 1.19 bits per heavy atom. The number of aliphatic hydroxyl groups excluding tert-OH is 1. The molecule has 6 nitrogen and oxygen atoms in total. The Morgan fingerprint density at radius 2 is 1.84 bits per heavy atom. The first-order valence-corrected chi connectivity index (χ1v) is 11.8. The minimum absolute atomic E-state index is 0.0966. The van der Waals surface area contributed by atoms with E-state index in [9.17, 15) is 14.7 Å². The van der Waals surface area contributed by atoms with Crippen LogP contribution in [0.4, 0.5) is 4.79 Å². The first-order chi connectivity index (χ1) is 14.8. The molecule has 0 fully saturated rings. The number of aryl methyl sites for hydroxylation is 1. The highest BCUT2D eigenvalue weighted by atomic mass is 35.5. The Balaban J connectivity index is 3.09. The number of ether oxygens (including phenoxy) is 1. The number of hydrogen-bond donors (Lipinski definition) is 3. The summed E-state index contributed by atoms with van der Waals surface area (Å²) in [5.41, 5.74) is 1.25. The molecule has 0 aliphatic carbocycles. The van der Waals surface area contributed by atoms with E-state index in [1.54, 1.807) is 6.92 Å². The van der Waals surface area contributed by atoms with Crippen LogP contribution < -0.4 is 10.6 Å². The molecule has 1 aromatic rings. The summed E-state index contributed by atoms with van der Waals surface area (Å²) in [4.78, 5) is 24.2. The number of nitrogens with one attached hydrogen (secondary N) is 2. The van der Waals surface area contributed by atoms with Gasteiger partial charge in [-0.15, -0.1) is 0 Å². The Bertz CT molecular complexity index is 761. The predicted molar refractivity (Wildman–Crippen MR) is 130 cm³/mol. The molecular formula is C25H41ClN2O4. The van der Waals surface area contributed by atoms with Crippen molar-refractivity contribution in [3.05, 3.63) is 34.3 Å². The summed E-state index contributed by atoms with van der Waals surface area (Å²) in [5, 5.41) is 16.5. The third-order valence-electron chi connectivity index (χ3n) is 5.83. The highest BCUT2D eigenvalue weighted by Crippen LogP contribution is 2.36. The number of benzene rings is 1. The van der Waals surface area contributed by atoms with Gasteiger partial charge in [0.15, 0.2) is 0 Å². The Kier molecular flexibility index (Phi) is 11.0. The van der Waals surface area contributed by atoms with E-state index >= 15 is 0 Å². The molecule has 2 amide bonds. The number of urea groups is 1. The van der Waals surface area contributed by atoms with Crippen LogP contribution in [0, 0.1) is 17.3 Å². The molecule has 0 heterocycles. The molecular weight excluding hydrogens is 428 g/mol. The molecule has 3 N–H and O–H groups in total. The molecule has 0 aliphatic heterocycles. The lowest BCUT2D eigenvalue weighted by molar-refractivity contribution is -0.142. The zero-order chi connectivity index (χ0) is 24.5. The van der Waals surface area contributed by atoms with Crippen molar-refractivity contribution in [2.45, 2.75) is 73.3 Å². The van der Waals surface area contributed by atoms with Crippen LogP contribution in [-0.4, -0.2) is 36.9 Å². The van der Waals surface area contributed by atoms with Gasteiger partial charge in [-0.3, -0.25) is 4.79 Å². The van der Waals surface area contributed by atoms with Gasteiger partial charge in [0.05, 0.1) is 18.6 Å². The van der Waals surface area contributed by atoms with E-state index in [0.29, 0.717) is 11.6 Å². The first-order valence-electron chi connectivity index (χ1n) is 11.5. The number of esters is 1. The molecule has 0 bridgehead atoms. The molecule has 0 radical (unpaired) electrons. The van der Waals surface area contributed by atoms with Gasteiger partial charge < -0.3 is 20.5 Å². The molecule has 0 saturated heterocycles. The molecule has 0 saturated carbocycles. The number of rotatable bonds is 11. The van der Waals surface area contributed by atoms with E-state index in [4.69, 9.17) is 16.3 Å². The highest BCUT2D eigenvalue weighted by molar-refractivity contribution is 6.31. The van der Waals surface area contributed by atoms with E-state index in [0.717, 1.165) is 24.0 Å². The van der Waals surface area contributed by atoms with Crippen LogP contribution in [0.1, 0.15) is 72.4 Å². The molecule has 1 aromatic carbocycles. The fraction of sp³-hybridized carbons (Fsp3) is 0.680. The lowest BCUT2D eigenvalue weighted by Gasteiger charge is -2.40. The second-order valence-electron chi connectivity index (χ2n) is 10.0. The number of carbonyl (C=O) groups is 2. The molecule has 182 valence electrons. The predicted octanol–water partition coefficient (Wildman–Crippen LogP) is 5.05. The van der Waals surface area contributed by atoms with Crippen molar-refractivity contribution >= 4 is 23.6 Å². The van der Waals surface area contributed by atoms with Gasteiger partial charge >= 0.3 is 12.0 Å². The molecule has 32 heavy (non-hydrogen) atoms. The summed E-state index contributed by atoms with van der Waals surface area (Å²) >= 11 is 6.63. The first kappa shape index (κ1) is 28.2. The van der Waals surface area contributed by atoms with Gasteiger partial charge in [0.25, 0.3) is 0 Å². The van der Waals surface area contributed by atoms with Gasteiger partial charge in [0.1, 0.15) is 0 Å². The van der Waals surface area contributed by atoms with Crippen molar-refractivity contribution in [3.8, 4) is 0 Å². The zero-order valence-electron chi connectivity index (χ0n) is 20.7. The average Bonchev–Trinajstić information content (AvgIpc) is 2.66. The monoisotopic (exact) mass is 468 g/mol. The zero-order valence-corrected chi connectivity index (χ0v) is 21.4. The van der Waals surface area contributed by atoms with Crippen molar-refractivity contribution in [1.82, 2.24) is 10.6 Å². The second-order valence-corrected chi connectivity index (χ2v) is 10.4. The van der Waals surface area contributed by atoms with Crippen molar-refractivity contribution in [3.63, 3.8) is 0 Å². The molecule has 0 aromatic heterocycles. The lowest BCUT2D eigenvalue weighted by Crippen LogP contribution is -2.54. The van der Waals surface area contributed by atoms with Gasteiger partial charge in [0, 0.05) is 24.1 Å². The van der Waals surface area contributed by atoms with Crippen LogP contribution in [0.15, 0.2) is 18.2 Å². The number of aliphatic hydroxyl groups is 1. The van der Waals surface area contributed by atoms with Crippen LogP contribution in [0.5, 0.6) is 0 Å². The van der Waals surface area contributed by atoms with Crippen molar-refractivity contribution in [2.75, 3.05) is 19.8 Å². The Hall–Kier alpha value is -1.79. The topological polar surface area (TPSA) is 87.7 Å². The summed E-state index contributed by atoms with van der Waals surface area (Å²) in [6, 6.07) is 5.47. The molecule has 0 aliphatic rings. The minimum Gasteiger partial charge on any atom is -0.466 e. The third-order valence-corrected chi connectivity index (χ3v) is 6.19. The quantitative estimate of drug-likeness (QED) is 0.396. The average molecular weight is 469 g/mol. The summed E-state index contributed by atoms with van der Waals surface area (Å²) in [6.45, 7) is 14.6. The van der Waals surface area contributed by atoms with Crippen LogP contribution in [0.25, 0.3) is 0 Å². The van der Waals surface area contributed by atoms with Gasteiger partial charge in [-0.1, -0.05) is 58.4 Å². The van der Waals surface area contributed by atoms with E-state index in [2.05, 4.69) is 31.4 Å². The smallest absolute Gasteiger partial charge is 0.315 e. The van der Waals surface area contributed by atoms with E-state index in [1.807, 2.05) is 39.0 Å². The normalized spacial score (nSPS) is 14.6.